The summed E-state index contributed by atoms with van der Waals surface area (Å²) in [6.45, 7) is 0.475. The molecule has 0 aliphatic carbocycles. The Balaban J connectivity index is 1.75. The second-order valence-electron chi connectivity index (χ2n) is 7.69. The van der Waals surface area contributed by atoms with E-state index >= 15 is 0 Å². The normalized spacial score (nSPS) is 17.6. The molecule has 32 heavy (non-hydrogen) atoms. The van der Waals surface area contributed by atoms with Crippen molar-refractivity contribution in [1.82, 2.24) is 10.2 Å². The quantitative estimate of drug-likeness (QED) is 0.520. The number of nitrogens with two attached hydrogens (primary N) is 1. The highest BCUT2D eigenvalue weighted by atomic mass is 19.2. The van der Waals surface area contributed by atoms with E-state index in [0.717, 1.165) is 6.07 Å². The Morgan fingerprint density at radius 2 is 1.78 bits per heavy atom. The number of halogens is 5. The molecular weight excluding hydrogens is 433 g/mol. The van der Waals surface area contributed by atoms with Gasteiger partial charge in [-0.1, -0.05) is 12.1 Å². The minimum absolute atomic E-state index is 0.0574. The molecule has 0 bridgehead atoms. The van der Waals surface area contributed by atoms with Crippen molar-refractivity contribution in [2.24, 2.45) is 5.73 Å². The largest absolute Gasteiger partial charge is 0.354 e. The highest BCUT2D eigenvalue weighted by Crippen LogP contribution is 2.20. The van der Waals surface area contributed by atoms with Gasteiger partial charge in [-0.15, -0.1) is 0 Å². The summed E-state index contributed by atoms with van der Waals surface area (Å²) in [7, 11) is 0. The fourth-order valence-corrected chi connectivity index (χ4v) is 3.71. The van der Waals surface area contributed by atoms with Crippen LogP contribution in [0.5, 0.6) is 0 Å². The van der Waals surface area contributed by atoms with Crippen LogP contribution in [-0.4, -0.2) is 41.9 Å². The Bertz CT molecular complexity index is 1020. The zero-order valence-electron chi connectivity index (χ0n) is 17.0. The van der Waals surface area contributed by atoms with Crippen LogP contribution in [0.15, 0.2) is 30.3 Å². The van der Waals surface area contributed by atoms with Crippen molar-refractivity contribution in [3.05, 3.63) is 70.5 Å². The van der Waals surface area contributed by atoms with Gasteiger partial charge in [-0.25, -0.2) is 22.0 Å². The number of amides is 2. The maximum atomic E-state index is 14.1. The van der Waals surface area contributed by atoms with Gasteiger partial charge in [0.05, 0.1) is 0 Å². The molecule has 5 nitrogen and oxygen atoms in total. The summed E-state index contributed by atoms with van der Waals surface area (Å²) in [6.07, 6.45) is -0.354. The van der Waals surface area contributed by atoms with Crippen LogP contribution in [0, 0.1) is 29.1 Å². The Morgan fingerprint density at radius 3 is 2.53 bits per heavy atom. The number of benzene rings is 2. The first-order chi connectivity index (χ1) is 15.2. The molecule has 3 rings (SSSR count). The third-order valence-electron chi connectivity index (χ3n) is 5.33. The molecule has 0 aromatic heterocycles. The number of hydrogen-bond donors (Lipinski definition) is 2. The van der Waals surface area contributed by atoms with Gasteiger partial charge in [0.2, 0.25) is 11.8 Å². The summed E-state index contributed by atoms with van der Waals surface area (Å²) in [4.78, 5) is 26.7. The van der Waals surface area contributed by atoms with Crippen LogP contribution < -0.4 is 11.1 Å². The minimum atomic E-state index is -1.33. The molecule has 1 saturated heterocycles. The third kappa shape index (κ3) is 5.42. The van der Waals surface area contributed by atoms with Gasteiger partial charge in [0.1, 0.15) is 11.9 Å². The van der Waals surface area contributed by atoms with Gasteiger partial charge in [-0.3, -0.25) is 9.59 Å². The fourth-order valence-electron chi connectivity index (χ4n) is 3.71. The summed E-state index contributed by atoms with van der Waals surface area (Å²) in [5, 5.41) is 2.64. The molecule has 0 saturated carbocycles. The number of hydrogen-bond acceptors (Lipinski definition) is 3. The van der Waals surface area contributed by atoms with Crippen molar-refractivity contribution in [3.8, 4) is 0 Å². The third-order valence-corrected chi connectivity index (χ3v) is 5.33. The molecule has 1 aliphatic heterocycles. The van der Waals surface area contributed by atoms with Crippen LogP contribution in [-0.2, 0) is 22.4 Å². The van der Waals surface area contributed by atoms with E-state index in [4.69, 9.17) is 5.73 Å². The monoisotopic (exact) mass is 455 g/mol. The molecule has 1 heterocycles. The zero-order valence-corrected chi connectivity index (χ0v) is 17.0. The lowest BCUT2D eigenvalue weighted by Gasteiger charge is -2.29. The zero-order chi connectivity index (χ0) is 23.4. The first-order valence-electron chi connectivity index (χ1n) is 10.1. The van der Waals surface area contributed by atoms with Crippen molar-refractivity contribution < 1.29 is 31.5 Å². The van der Waals surface area contributed by atoms with Crippen LogP contribution in [0.4, 0.5) is 22.0 Å². The molecule has 2 aromatic rings. The van der Waals surface area contributed by atoms with Crippen LogP contribution in [0.2, 0.25) is 0 Å². The number of carbonyl (C=O) groups excluding carboxylic acids is 2. The Labute approximate surface area is 181 Å². The van der Waals surface area contributed by atoms with E-state index in [-0.39, 0.29) is 36.9 Å². The van der Waals surface area contributed by atoms with Gasteiger partial charge < -0.3 is 16.0 Å². The molecule has 2 atom stereocenters. The highest BCUT2D eigenvalue weighted by molar-refractivity contribution is 5.88. The van der Waals surface area contributed by atoms with Crippen molar-refractivity contribution in [2.45, 2.75) is 37.8 Å². The standard InChI is InChI=1S/C22H22F5N3O2/c23-15-4-1-3-12(21(15)27)9-19-22(32)29-5-2-6-30(19)20(31)10-14(28)7-13-8-17(25)18(26)11-16(13)24/h1,3-4,8,11,14,19H,2,5-7,9-10,28H2,(H,29,32)/t14-,19?/m1/s1. The maximum Gasteiger partial charge on any atom is 0.243 e. The lowest BCUT2D eigenvalue weighted by Crippen LogP contribution is -2.49. The van der Waals surface area contributed by atoms with E-state index in [9.17, 15) is 31.5 Å². The SMILES string of the molecule is N[C@@H](CC(=O)N1CCCNC(=O)C1Cc1cccc(F)c1F)Cc1cc(F)c(F)cc1F. The molecule has 172 valence electrons. The predicted octanol–water partition coefficient (Wildman–Crippen LogP) is 2.60. The van der Waals surface area contributed by atoms with E-state index in [2.05, 4.69) is 5.32 Å². The van der Waals surface area contributed by atoms with Crippen LogP contribution in [0.25, 0.3) is 0 Å². The molecule has 0 radical (unpaired) electrons. The van der Waals surface area contributed by atoms with E-state index in [1.165, 1.54) is 17.0 Å². The van der Waals surface area contributed by atoms with Crippen molar-refractivity contribution in [3.63, 3.8) is 0 Å². The van der Waals surface area contributed by atoms with Crippen LogP contribution in [0.1, 0.15) is 24.0 Å². The molecule has 10 heteroatoms. The van der Waals surface area contributed by atoms with Gasteiger partial charge in [0.15, 0.2) is 23.3 Å². The molecular formula is C22H22F5N3O2. The number of rotatable bonds is 6. The number of carbonyl (C=O) groups is 2. The van der Waals surface area contributed by atoms with Crippen molar-refractivity contribution in [1.29, 1.82) is 0 Å². The highest BCUT2D eigenvalue weighted by Gasteiger charge is 2.33. The van der Waals surface area contributed by atoms with Gasteiger partial charge in [-0.05, 0) is 36.1 Å². The summed E-state index contributed by atoms with van der Waals surface area (Å²) in [5.41, 5.74) is 5.70. The Morgan fingerprint density at radius 1 is 1.06 bits per heavy atom. The Kier molecular flexibility index (Phi) is 7.44. The topological polar surface area (TPSA) is 75.4 Å². The van der Waals surface area contributed by atoms with Gasteiger partial charge in [0.25, 0.3) is 0 Å². The van der Waals surface area contributed by atoms with Gasteiger partial charge in [-0.2, -0.15) is 0 Å². The van der Waals surface area contributed by atoms with Crippen molar-refractivity contribution >= 4 is 11.8 Å². The molecule has 2 aromatic carbocycles. The second-order valence-corrected chi connectivity index (χ2v) is 7.69. The number of nitrogens with one attached hydrogen (secondary N) is 1. The summed E-state index contributed by atoms with van der Waals surface area (Å²) < 4.78 is 68.1. The Hall–Kier alpha value is -3.01. The van der Waals surface area contributed by atoms with E-state index < -0.39 is 53.0 Å². The average Bonchev–Trinajstić information content (AvgIpc) is 2.91. The van der Waals surface area contributed by atoms with Gasteiger partial charge >= 0.3 is 0 Å². The molecule has 3 N–H and O–H groups in total. The minimum Gasteiger partial charge on any atom is -0.354 e. The van der Waals surface area contributed by atoms with E-state index in [0.29, 0.717) is 25.1 Å². The average molecular weight is 455 g/mol. The fraction of sp³-hybridized carbons (Fsp3) is 0.364. The summed E-state index contributed by atoms with van der Waals surface area (Å²) >= 11 is 0. The van der Waals surface area contributed by atoms with Crippen molar-refractivity contribution in [2.75, 3.05) is 13.1 Å². The summed E-state index contributed by atoms with van der Waals surface area (Å²) in [6, 6.07) is 2.64. The first-order valence-corrected chi connectivity index (χ1v) is 10.1. The van der Waals surface area contributed by atoms with Crippen LogP contribution >= 0.6 is 0 Å². The maximum absolute atomic E-state index is 14.1. The number of nitrogens with zero attached hydrogens (tertiary/aromatic N) is 1. The molecule has 1 aliphatic rings. The lowest BCUT2D eigenvalue weighted by atomic mass is 10.00. The lowest BCUT2D eigenvalue weighted by molar-refractivity contribution is -0.139. The predicted molar refractivity (Wildman–Crippen MR) is 106 cm³/mol. The smallest absolute Gasteiger partial charge is 0.243 e. The first kappa shape index (κ1) is 23.6. The molecule has 1 fully saturated rings. The summed E-state index contributed by atoms with van der Waals surface area (Å²) in [5.74, 6) is -6.77. The molecule has 1 unspecified atom stereocenters. The molecule has 0 spiro atoms. The van der Waals surface area contributed by atoms with E-state index in [1.54, 1.807) is 0 Å². The second kappa shape index (κ2) is 10.1. The van der Waals surface area contributed by atoms with E-state index in [1.807, 2.05) is 0 Å². The van der Waals surface area contributed by atoms with Gasteiger partial charge in [0, 0.05) is 38.0 Å². The van der Waals surface area contributed by atoms with Crippen LogP contribution in [0.3, 0.4) is 0 Å². The molecule has 2 amide bonds.